The minimum Gasteiger partial charge on any atom is -0.495 e. The van der Waals surface area contributed by atoms with Gasteiger partial charge in [0.05, 0.1) is 18.1 Å². The van der Waals surface area contributed by atoms with Gasteiger partial charge in [-0.2, -0.15) is 8.42 Å². The molecule has 0 N–H and O–H groups in total. The predicted molar refractivity (Wildman–Crippen MR) is 92.7 cm³/mol. The molecule has 0 atom stereocenters. The molecule has 0 aliphatic rings. The maximum Gasteiger partial charge on any atom is 0.342 e. The fourth-order valence-corrected chi connectivity index (χ4v) is 3.33. The maximum absolute atomic E-state index is 12.6. The molecule has 0 fully saturated rings. The lowest BCUT2D eigenvalue weighted by atomic mass is 10.0. The first kappa shape index (κ1) is 18.7. The van der Waals surface area contributed by atoms with Crippen molar-refractivity contribution in [2.24, 2.45) is 0 Å². The standard InChI is InChI=1S/C17H19NO6S/c1-11(2)13-6-5-12(3)15(9-13)24-25(21,22)17-8-7-14(18(19)20)10-16(17)23-4/h5-11H,1-4H3. The van der Waals surface area contributed by atoms with Gasteiger partial charge in [0.15, 0.2) is 0 Å². The highest BCUT2D eigenvalue weighted by molar-refractivity contribution is 7.87. The number of methoxy groups -OCH3 is 1. The summed E-state index contributed by atoms with van der Waals surface area (Å²) in [5.74, 6) is 0.276. The van der Waals surface area contributed by atoms with E-state index < -0.39 is 15.0 Å². The zero-order valence-corrected chi connectivity index (χ0v) is 15.2. The average molecular weight is 365 g/mol. The molecule has 25 heavy (non-hydrogen) atoms. The van der Waals surface area contributed by atoms with Crippen molar-refractivity contribution in [2.45, 2.75) is 31.6 Å². The Morgan fingerprint density at radius 2 is 1.76 bits per heavy atom. The quantitative estimate of drug-likeness (QED) is 0.439. The third-order valence-corrected chi connectivity index (χ3v) is 4.98. The Balaban J connectivity index is 2.47. The summed E-state index contributed by atoms with van der Waals surface area (Å²) in [4.78, 5) is 9.94. The highest BCUT2D eigenvalue weighted by Gasteiger charge is 2.25. The van der Waals surface area contributed by atoms with Gasteiger partial charge in [-0.15, -0.1) is 0 Å². The summed E-state index contributed by atoms with van der Waals surface area (Å²) >= 11 is 0. The SMILES string of the molecule is COc1cc([N+](=O)[O-])ccc1S(=O)(=O)Oc1cc(C(C)C)ccc1C. The summed E-state index contributed by atoms with van der Waals surface area (Å²) in [7, 11) is -2.97. The number of benzene rings is 2. The van der Waals surface area contributed by atoms with Crippen LogP contribution in [0.3, 0.4) is 0 Å². The molecule has 0 bridgehead atoms. The van der Waals surface area contributed by atoms with Crippen molar-refractivity contribution < 1.29 is 22.3 Å². The zero-order valence-electron chi connectivity index (χ0n) is 14.3. The van der Waals surface area contributed by atoms with Crippen molar-refractivity contribution in [3.63, 3.8) is 0 Å². The van der Waals surface area contributed by atoms with E-state index in [0.29, 0.717) is 5.56 Å². The number of hydrogen-bond donors (Lipinski definition) is 0. The van der Waals surface area contributed by atoms with Gasteiger partial charge in [-0.3, -0.25) is 10.1 Å². The third-order valence-electron chi connectivity index (χ3n) is 3.71. The van der Waals surface area contributed by atoms with Gasteiger partial charge >= 0.3 is 10.1 Å². The largest absolute Gasteiger partial charge is 0.495 e. The van der Waals surface area contributed by atoms with Crippen LogP contribution in [0.1, 0.15) is 30.9 Å². The van der Waals surface area contributed by atoms with Crippen molar-refractivity contribution in [1.82, 2.24) is 0 Å². The van der Waals surface area contributed by atoms with Gasteiger partial charge in [-0.05, 0) is 36.1 Å². The van der Waals surface area contributed by atoms with Crippen LogP contribution in [0.5, 0.6) is 11.5 Å². The Morgan fingerprint density at radius 1 is 1.08 bits per heavy atom. The van der Waals surface area contributed by atoms with Gasteiger partial charge in [0.25, 0.3) is 5.69 Å². The number of rotatable bonds is 6. The van der Waals surface area contributed by atoms with Crippen LogP contribution in [-0.2, 0) is 10.1 Å². The van der Waals surface area contributed by atoms with E-state index in [9.17, 15) is 18.5 Å². The molecule has 0 unspecified atom stereocenters. The fraction of sp³-hybridized carbons (Fsp3) is 0.294. The second kappa shape index (κ2) is 7.10. The van der Waals surface area contributed by atoms with E-state index in [-0.39, 0.29) is 28.0 Å². The molecule has 8 heteroatoms. The normalized spacial score (nSPS) is 11.4. The van der Waals surface area contributed by atoms with Crippen LogP contribution in [0.4, 0.5) is 5.69 Å². The van der Waals surface area contributed by atoms with E-state index in [4.69, 9.17) is 8.92 Å². The molecule has 0 aliphatic heterocycles. The second-order valence-electron chi connectivity index (χ2n) is 5.81. The van der Waals surface area contributed by atoms with Crippen LogP contribution in [0, 0.1) is 17.0 Å². The molecular formula is C17H19NO6S. The average Bonchev–Trinajstić information content (AvgIpc) is 2.55. The molecule has 7 nitrogen and oxygen atoms in total. The summed E-state index contributed by atoms with van der Waals surface area (Å²) in [6.07, 6.45) is 0. The fourth-order valence-electron chi connectivity index (χ4n) is 2.21. The van der Waals surface area contributed by atoms with Gasteiger partial charge in [-0.25, -0.2) is 0 Å². The minimum absolute atomic E-state index is 0.146. The monoisotopic (exact) mass is 365 g/mol. The molecule has 0 spiro atoms. The lowest BCUT2D eigenvalue weighted by Gasteiger charge is -2.14. The first-order valence-corrected chi connectivity index (χ1v) is 8.94. The van der Waals surface area contributed by atoms with Crippen molar-refractivity contribution in [2.75, 3.05) is 7.11 Å². The van der Waals surface area contributed by atoms with Crippen molar-refractivity contribution in [3.05, 3.63) is 57.6 Å². The molecule has 2 aromatic carbocycles. The van der Waals surface area contributed by atoms with Gasteiger partial charge in [0, 0.05) is 6.07 Å². The molecule has 0 aliphatic carbocycles. The number of aryl methyl sites for hydroxylation is 1. The number of nitrogens with zero attached hydrogens (tertiary/aromatic N) is 1. The third kappa shape index (κ3) is 4.08. The van der Waals surface area contributed by atoms with Crippen LogP contribution in [-0.4, -0.2) is 20.5 Å². The number of ether oxygens (including phenoxy) is 1. The molecule has 2 aromatic rings. The van der Waals surface area contributed by atoms with Crippen LogP contribution in [0.2, 0.25) is 0 Å². The van der Waals surface area contributed by atoms with Gasteiger partial charge in [-0.1, -0.05) is 26.0 Å². The summed E-state index contributed by atoms with van der Waals surface area (Å²) < 4.78 is 35.5. The smallest absolute Gasteiger partial charge is 0.342 e. The Bertz CT molecular complexity index is 905. The lowest BCUT2D eigenvalue weighted by Crippen LogP contribution is -2.12. The van der Waals surface area contributed by atoms with E-state index in [0.717, 1.165) is 23.8 Å². The Kier molecular flexibility index (Phi) is 5.32. The molecule has 134 valence electrons. The summed E-state index contributed by atoms with van der Waals surface area (Å²) in [5, 5.41) is 10.8. The van der Waals surface area contributed by atoms with Crippen molar-refractivity contribution in [1.29, 1.82) is 0 Å². The molecule has 0 radical (unpaired) electrons. The topological polar surface area (TPSA) is 95.7 Å². The maximum atomic E-state index is 12.6. The van der Waals surface area contributed by atoms with Gasteiger partial charge in [0.1, 0.15) is 16.4 Å². The highest BCUT2D eigenvalue weighted by Crippen LogP contribution is 2.32. The highest BCUT2D eigenvalue weighted by atomic mass is 32.2. The number of nitro benzene ring substituents is 1. The van der Waals surface area contributed by atoms with Gasteiger partial charge < -0.3 is 8.92 Å². The number of non-ortho nitro benzene ring substituents is 1. The number of hydrogen-bond acceptors (Lipinski definition) is 6. The van der Waals surface area contributed by atoms with Crippen molar-refractivity contribution in [3.8, 4) is 11.5 Å². The van der Waals surface area contributed by atoms with E-state index >= 15 is 0 Å². The molecular weight excluding hydrogens is 346 g/mol. The van der Waals surface area contributed by atoms with E-state index in [2.05, 4.69) is 0 Å². The predicted octanol–water partition coefficient (Wildman–Crippen LogP) is 3.80. The first-order chi connectivity index (χ1) is 11.7. The molecule has 0 aromatic heterocycles. The summed E-state index contributed by atoms with van der Waals surface area (Å²) in [5.41, 5.74) is 1.33. The van der Waals surface area contributed by atoms with E-state index in [1.807, 2.05) is 19.9 Å². The Labute approximate surface area is 146 Å². The number of nitro groups is 1. The van der Waals surface area contributed by atoms with Gasteiger partial charge in [0.2, 0.25) is 0 Å². The molecule has 0 saturated heterocycles. The second-order valence-corrected chi connectivity index (χ2v) is 7.32. The van der Waals surface area contributed by atoms with E-state index in [1.165, 1.54) is 7.11 Å². The van der Waals surface area contributed by atoms with Crippen LogP contribution in [0.25, 0.3) is 0 Å². The lowest BCUT2D eigenvalue weighted by molar-refractivity contribution is -0.385. The minimum atomic E-state index is -4.21. The first-order valence-electron chi connectivity index (χ1n) is 7.53. The van der Waals surface area contributed by atoms with Crippen LogP contribution >= 0.6 is 0 Å². The Hall–Kier alpha value is -2.61. The van der Waals surface area contributed by atoms with Crippen molar-refractivity contribution >= 4 is 15.8 Å². The van der Waals surface area contributed by atoms with Crippen LogP contribution in [0.15, 0.2) is 41.3 Å². The molecule has 2 rings (SSSR count). The Morgan fingerprint density at radius 3 is 2.32 bits per heavy atom. The van der Waals surface area contributed by atoms with E-state index in [1.54, 1.807) is 19.1 Å². The zero-order chi connectivity index (χ0) is 18.8. The molecule has 0 heterocycles. The molecule has 0 amide bonds. The molecule has 0 saturated carbocycles. The van der Waals surface area contributed by atoms with Crippen LogP contribution < -0.4 is 8.92 Å². The summed E-state index contributed by atoms with van der Waals surface area (Å²) in [6.45, 7) is 5.71. The summed E-state index contributed by atoms with van der Waals surface area (Å²) in [6, 6.07) is 8.62.